The van der Waals surface area contributed by atoms with Crippen molar-refractivity contribution in [2.45, 2.75) is 46.5 Å². The third-order valence-electron chi connectivity index (χ3n) is 2.92. The quantitative estimate of drug-likeness (QED) is 0.761. The van der Waals surface area contributed by atoms with Gasteiger partial charge in [0.2, 0.25) is 0 Å². The van der Waals surface area contributed by atoms with Crippen LogP contribution in [-0.4, -0.2) is 17.9 Å². The van der Waals surface area contributed by atoms with Gasteiger partial charge in [-0.05, 0) is 26.7 Å². The average molecular weight is 235 g/mol. The van der Waals surface area contributed by atoms with Gasteiger partial charge in [0.15, 0.2) is 0 Å². The van der Waals surface area contributed by atoms with Gasteiger partial charge in [0.25, 0.3) is 0 Å². The summed E-state index contributed by atoms with van der Waals surface area (Å²) in [5.74, 6) is 1.20. The van der Waals surface area contributed by atoms with Crippen LogP contribution in [0.2, 0.25) is 0 Å². The van der Waals surface area contributed by atoms with Gasteiger partial charge < -0.3 is 4.74 Å². The Morgan fingerprint density at radius 3 is 2.65 bits per heavy atom. The van der Waals surface area contributed by atoms with Gasteiger partial charge >= 0.3 is 0 Å². The number of pyridine rings is 1. The van der Waals surface area contributed by atoms with Gasteiger partial charge in [0, 0.05) is 35.9 Å². The van der Waals surface area contributed by atoms with Crippen molar-refractivity contribution in [2.75, 3.05) is 7.11 Å². The van der Waals surface area contributed by atoms with Crippen LogP contribution in [-0.2, 0) is 11.2 Å². The second-order valence-corrected chi connectivity index (χ2v) is 4.33. The lowest BCUT2D eigenvalue weighted by molar-refractivity contribution is -0.119. The van der Waals surface area contributed by atoms with E-state index in [1.165, 1.54) is 0 Å². The Bertz CT molecular complexity index is 399. The van der Waals surface area contributed by atoms with E-state index in [1.54, 1.807) is 7.11 Å². The minimum absolute atomic E-state index is 0.313. The largest absolute Gasteiger partial charge is 0.496 e. The highest BCUT2D eigenvalue weighted by Gasteiger charge is 2.10. The van der Waals surface area contributed by atoms with Gasteiger partial charge in [-0.2, -0.15) is 0 Å². The normalized spacial score (nSPS) is 10.4. The van der Waals surface area contributed by atoms with E-state index in [-0.39, 0.29) is 0 Å². The average Bonchev–Trinajstić information content (AvgIpc) is 2.29. The molecule has 0 saturated carbocycles. The van der Waals surface area contributed by atoms with Gasteiger partial charge in [0.05, 0.1) is 7.11 Å². The molecule has 0 saturated heterocycles. The summed E-state index contributed by atoms with van der Waals surface area (Å²) in [6.07, 6.45) is 4.69. The van der Waals surface area contributed by atoms with Crippen molar-refractivity contribution < 1.29 is 9.53 Å². The fourth-order valence-corrected chi connectivity index (χ4v) is 1.98. The summed E-state index contributed by atoms with van der Waals surface area (Å²) in [5.41, 5.74) is 3.06. The highest BCUT2D eigenvalue weighted by atomic mass is 16.5. The molecule has 0 aliphatic carbocycles. The minimum atomic E-state index is 0.313. The van der Waals surface area contributed by atoms with E-state index in [1.807, 2.05) is 27.0 Å². The van der Waals surface area contributed by atoms with Gasteiger partial charge in [-0.15, -0.1) is 0 Å². The molecular formula is C14H21NO2. The minimum Gasteiger partial charge on any atom is -0.496 e. The molecule has 0 unspecified atom stereocenters. The second-order valence-electron chi connectivity index (χ2n) is 4.33. The summed E-state index contributed by atoms with van der Waals surface area (Å²) in [6.45, 7) is 6.00. The van der Waals surface area contributed by atoms with Crippen LogP contribution in [0.15, 0.2) is 6.20 Å². The first-order valence-corrected chi connectivity index (χ1v) is 6.10. The molecule has 0 aliphatic heterocycles. The molecule has 0 radical (unpaired) electrons. The molecular weight excluding hydrogens is 214 g/mol. The Balaban J connectivity index is 2.75. The SMILES string of the molecule is CCCC(=O)CCc1ncc(C)c(OC)c1C. The zero-order valence-electron chi connectivity index (χ0n) is 11.2. The topological polar surface area (TPSA) is 39.2 Å². The molecule has 1 heterocycles. The van der Waals surface area contributed by atoms with Crippen LogP contribution < -0.4 is 4.74 Å². The number of nitrogens with zero attached hydrogens (tertiary/aromatic N) is 1. The Labute approximate surface area is 103 Å². The summed E-state index contributed by atoms with van der Waals surface area (Å²) >= 11 is 0. The molecule has 1 rings (SSSR count). The van der Waals surface area contributed by atoms with E-state index < -0.39 is 0 Å². The first-order valence-electron chi connectivity index (χ1n) is 6.10. The Kier molecular flexibility index (Phi) is 5.13. The first-order chi connectivity index (χ1) is 8.10. The van der Waals surface area contributed by atoms with Crippen molar-refractivity contribution in [3.05, 3.63) is 23.0 Å². The number of hydrogen-bond acceptors (Lipinski definition) is 3. The van der Waals surface area contributed by atoms with E-state index in [2.05, 4.69) is 4.98 Å². The van der Waals surface area contributed by atoms with Crippen LogP contribution in [0.4, 0.5) is 0 Å². The molecule has 1 aromatic heterocycles. The van der Waals surface area contributed by atoms with Crippen molar-refractivity contribution in [2.24, 2.45) is 0 Å². The molecule has 0 fully saturated rings. The summed E-state index contributed by atoms with van der Waals surface area (Å²) < 4.78 is 5.35. The summed E-state index contributed by atoms with van der Waals surface area (Å²) in [5, 5.41) is 0. The number of methoxy groups -OCH3 is 1. The van der Waals surface area contributed by atoms with Crippen LogP contribution in [0.3, 0.4) is 0 Å². The van der Waals surface area contributed by atoms with E-state index in [9.17, 15) is 4.79 Å². The summed E-state index contributed by atoms with van der Waals surface area (Å²) in [4.78, 5) is 15.9. The predicted octanol–water partition coefficient (Wildman–Crippen LogP) is 3.01. The van der Waals surface area contributed by atoms with Crippen LogP contribution >= 0.6 is 0 Å². The maximum atomic E-state index is 11.5. The molecule has 0 amide bonds. The molecule has 3 nitrogen and oxygen atoms in total. The van der Waals surface area contributed by atoms with E-state index >= 15 is 0 Å². The van der Waals surface area contributed by atoms with Crippen molar-refractivity contribution >= 4 is 5.78 Å². The number of ether oxygens (including phenoxy) is 1. The standard InChI is InChI=1S/C14H21NO2/c1-5-6-12(16)7-8-13-11(3)14(17-4)10(2)9-15-13/h9H,5-8H2,1-4H3. The summed E-state index contributed by atoms with van der Waals surface area (Å²) in [7, 11) is 1.67. The molecule has 0 atom stereocenters. The molecule has 0 spiro atoms. The number of Topliss-reactive ketones (excluding diaryl/α,β-unsaturated/α-hetero) is 1. The van der Waals surface area contributed by atoms with Crippen molar-refractivity contribution in [3.63, 3.8) is 0 Å². The molecule has 17 heavy (non-hydrogen) atoms. The molecule has 1 aromatic rings. The van der Waals surface area contributed by atoms with Crippen LogP contribution in [0.25, 0.3) is 0 Å². The van der Waals surface area contributed by atoms with Gasteiger partial charge in [-0.25, -0.2) is 0 Å². The molecule has 3 heteroatoms. The number of ketones is 1. The maximum Gasteiger partial charge on any atom is 0.133 e. The first kappa shape index (κ1) is 13.7. The second kappa shape index (κ2) is 6.38. The van der Waals surface area contributed by atoms with Crippen LogP contribution in [0, 0.1) is 13.8 Å². The van der Waals surface area contributed by atoms with Gasteiger partial charge in [-0.1, -0.05) is 6.92 Å². The fourth-order valence-electron chi connectivity index (χ4n) is 1.98. The number of aromatic nitrogens is 1. The van der Waals surface area contributed by atoms with Crippen molar-refractivity contribution in [3.8, 4) is 5.75 Å². The molecule has 0 N–H and O–H groups in total. The van der Waals surface area contributed by atoms with Crippen molar-refractivity contribution in [1.82, 2.24) is 4.98 Å². The maximum absolute atomic E-state index is 11.5. The molecule has 0 aliphatic rings. The Morgan fingerprint density at radius 1 is 1.35 bits per heavy atom. The van der Waals surface area contributed by atoms with E-state index in [0.29, 0.717) is 25.0 Å². The molecule has 94 valence electrons. The fraction of sp³-hybridized carbons (Fsp3) is 0.571. The number of aryl methyl sites for hydroxylation is 2. The summed E-state index contributed by atoms with van der Waals surface area (Å²) in [6, 6.07) is 0. The zero-order chi connectivity index (χ0) is 12.8. The lowest BCUT2D eigenvalue weighted by Crippen LogP contribution is -2.04. The van der Waals surface area contributed by atoms with Gasteiger partial charge in [0.1, 0.15) is 11.5 Å². The molecule has 0 aromatic carbocycles. The van der Waals surface area contributed by atoms with Gasteiger partial charge in [-0.3, -0.25) is 9.78 Å². The monoisotopic (exact) mass is 235 g/mol. The zero-order valence-corrected chi connectivity index (χ0v) is 11.2. The number of hydrogen-bond donors (Lipinski definition) is 0. The molecule has 0 bridgehead atoms. The number of carbonyl (C=O) groups excluding carboxylic acids is 1. The van der Waals surface area contributed by atoms with Crippen LogP contribution in [0.5, 0.6) is 5.75 Å². The van der Waals surface area contributed by atoms with Crippen molar-refractivity contribution in [1.29, 1.82) is 0 Å². The van der Waals surface area contributed by atoms with E-state index in [4.69, 9.17) is 4.74 Å². The Morgan fingerprint density at radius 2 is 2.06 bits per heavy atom. The van der Waals surface area contributed by atoms with E-state index in [0.717, 1.165) is 29.0 Å². The third-order valence-corrected chi connectivity index (χ3v) is 2.92. The third kappa shape index (κ3) is 3.55. The number of carbonyl (C=O) groups is 1. The lowest BCUT2D eigenvalue weighted by Gasteiger charge is -2.11. The van der Waals surface area contributed by atoms with Crippen LogP contribution in [0.1, 0.15) is 43.0 Å². The lowest BCUT2D eigenvalue weighted by atomic mass is 10.0. The smallest absolute Gasteiger partial charge is 0.133 e. The predicted molar refractivity (Wildman–Crippen MR) is 68.5 cm³/mol. The Hall–Kier alpha value is -1.38. The highest BCUT2D eigenvalue weighted by Crippen LogP contribution is 2.24. The number of rotatable bonds is 6. The highest BCUT2D eigenvalue weighted by molar-refractivity contribution is 5.78.